The Morgan fingerprint density at radius 1 is 1.11 bits per heavy atom. The molecule has 3 heteroatoms. The summed E-state index contributed by atoms with van der Waals surface area (Å²) in [6.45, 7) is 0. The van der Waals surface area contributed by atoms with Crippen molar-refractivity contribution in [2.75, 3.05) is 0 Å². The van der Waals surface area contributed by atoms with Gasteiger partial charge in [0.1, 0.15) is 5.75 Å². The molecule has 1 fully saturated rings. The summed E-state index contributed by atoms with van der Waals surface area (Å²) in [5.74, 6) is -0.525. The SMILES string of the molecule is O=C(O)C1(c2ccc3c(c2O)CCC3)CCCC1. The normalized spacial score (nSPS) is 20.9. The third-order valence-electron chi connectivity index (χ3n) is 4.63. The van der Waals surface area contributed by atoms with Crippen LogP contribution in [0, 0.1) is 0 Å². The van der Waals surface area contributed by atoms with Crippen molar-refractivity contribution in [1.29, 1.82) is 0 Å². The van der Waals surface area contributed by atoms with E-state index in [1.807, 2.05) is 12.1 Å². The average molecular weight is 246 g/mol. The zero-order valence-corrected chi connectivity index (χ0v) is 10.4. The fraction of sp³-hybridized carbons (Fsp3) is 0.533. The minimum atomic E-state index is -0.846. The molecule has 2 aliphatic carbocycles. The molecular weight excluding hydrogens is 228 g/mol. The first-order valence-electron chi connectivity index (χ1n) is 6.73. The van der Waals surface area contributed by atoms with Gasteiger partial charge in [-0.1, -0.05) is 25.0 Å². The Morgan fingerprint density at radius 2 is 1.83 bits per heavy atom. The number of rotatable bonds is 2. The van der Waals surface area contributed by atoms with Crippen LogP contribution in [0.4, 0.5) is 0 Å². The fourth-order valence-corrected chi connectivity index (χ4v) is 3.61. The van der Waals surface area contributed by atoms with E-state index < -0.39 is 11.4 Å². The van der Waals surface area contributed by atoms with Crippen LogP contribution in [0.1, 0.15) is 48.8 Å². The fourth-order valence-electron chi connectivity index (χ4n) is 3.61. The number of hydrogen-bond acceptors (Lipinski definition) is 2. The summed E-state index contributed by atoms with van der Waals surface area (Å²) in [5.41, 5.74) is 1.98. The van der Waals surface area contributed by atoms with Gasteiger partial charge >= 0.3 is 5.97 Å². The number of aryl methyl sites for hydroxylation is 1. The predicted octanol–water partition coefficient (Wildman–Crippen LogP) is 2.78. The van der Waals surface area contributed by atoms with Crippen LogP contribution < -0.4 is 0 Å². The molecule has 0 unspecified atom stereocenters. The van der Waals surface area contributed by atoms with E-state index in [9.17, 15) is 15.0 Å². The quantitative estimate of drug-likeness (QED) is 0.843. The molecule has 0 radical (unpaired) electrons. The van der Waals surface area contributed by atoms with Crippen molar-refractivity contribution in [3.05, 3.63) is 28.8 Å². The van der Waals surface area contributed by atoms with Gasteiger partial charge in [-0.3, -0.25) is 4.79 Å². The molecule has 0 aromatic heterocycles. The van der Waals surface area contributed by atoms with Gasteiger partial charge in [-0.15, -0.1) is 0 Å². The Kier molecular flexibility index (Phi) is 2.58. The van der Waals surface area contributed by atoms with Crippen molar-refractivity contribution in [3.8, 4) is 5.75 Å². The van der Waals surface area contributed by atoms with Crippen LogP contribution in [0.15, 0.2) is 12.1 Å². The van der Waals surface area contributed by atoms with Crippen molar-refractivity contribution < 1.29 is 15.0 Å². The molecule has 0 aliphatic heterocycles. The second kappa shape index (κ2) is 4.01. The third kappa shape index (κ3) is 1.46. The maximum absolute atomic E-state index is 11.7. The highest BCUT2D eigenvalue weighted by atomic mass is 16.4. The van der Waals surface area contributed by atoms with E-state index in [4.69, 9.17) is 0 Å². The van der Waals surface area contributed by atoms with Crippen LogP contribution >= 0.6 is 0 Å². The van der Waals surface area contributed by atoms with Crippen molar-refractivity contribution in [2.24, 2.45) is 0 Å². The van der Waals surface area contributed by atoms with Gasteiger partial charge in [0.25, 0.3) is 0 Å². The number of phenols is 1. The van der Waals surface area contributed by atoms with Gasteiger partial charge in [0, 0.05) is 5.56 Å². The lowest BCUT2D eigenvalue weighted by Crippen LogP contribution is -2.32. The number of aliphatic carboxylic acids is 1. The van der Waals surface area contributed by atoms with E-state index >= 15 is 0 Å². The Morgan fingerprint density at radius 3 is 2.50 bits per heavy atom. The zero-order valence-electron chi connectivity index (χ0n) is 10.4. The molecule has 0 amide bonds. The summed E-state index contributed by atoms with van der Waals surface area (Å²) < 4.78 is 0. The predicted molar refractivity (Wildman–Crippen MR) is 67.9 cm³/mol. The largest absolute Gasteiger partial charge is 0.507 e. The Hall–Kier alpha value is -1.51. The van der Waals surface area contributed by atoms with Gasteiger partial charge in [0.2, 0.25) is 0 Å². The van der Waals surface area contributed by atoms with E-state index in [1.54, 1.807) is 0 Å². The number of carboxylic acids is 1. The molecule has 0 bridgehead atoms. The number of hydrogen-bond donors (Lipinski definition) is 2. The molecule has 2 aliphatic rings. The van der Waals surface area contributed by atoms with Crippen molar-refractivity contribution in [1.82, 2.24) is 0 Å². The molecule has 3 nitrogen and oxygen atoms in total. The summed E-state index contributed by atoms with van der Waals surface area (Å²) in [7, 11) is 0. The lowest BCUT2D eigenvalue weighted by atomic mass is 9.77. The molecule has 18 heavy (non-hydrogen) atoms. The van der Waals surface area contributed by atoms with Crippen molar-refractivity contribution in [2.45, 2.75) is 50.4 Å². The number of phenolic OH excluding ortho intramolecular Hbond substituents is 1. The van der Waals surface area contributed by atoms with Crippen LogP contribution in [0.3, 0.4) is 0 Å². The van der Waals surface area contributed by atoms with Gasteiger partial charge in [-0.25, -0.2) is 0 Å². The van der Waals surface area contributed by atoms with Gasteiger partial charge in [0.05, 0.1) is 5.41 Å². The monoisotopic (exact) mass is 246 g/mol. The van der Waals surface area contributed by atoms with Gasteiger partial charge < -0.3 is 10.2 Å². The maximum Gasteiger partial charge on any atom is 0.314 e. The molecule has 96 valence electrons. The van der Waals surface area contributed by atoms with E-state index in [1.165, 1.54) is 5.56 Å². The minimum Gasteiger partial charge on any atom is -0.507 e. The van der Waals surface area contributed by atoms with E-state index in [0.717, 1.165) is 37.7 Å². The lowest BCUT2D eigenvalue weighted by molar-refractivity contribution is -0.143. The summed E-state index contributed by atoms with van der Waals surface area (Å²) in [6, 6.07) is 3.86. The Bertz CT molecular complexity index is 499. The number of aromatic hydroxyl groups is 1. The molecule has 2 N–H and O–H groups in total. The molecular formula is C15H18O3. The molecule has 1 aromatic rings. The standard InChI is InChI=1S/C15H18O3/c16-13-11-5-3-4-10(11)6-7-12(13)15(14(17)18)8-1-2-9-15/h6-7,16H,1-5,8-9H2,(H,17,18). The molecule has 3 rings (SSSR count). The maximum atomic E-state index is 11.7. The minimum absolute atomic E-state index is 0.259. The van der Waals surface area contributed by atoms with Crippen molar-refractivity contribution in [3.63, 3.8) is 0 Å². The van der Waals surface area contributed by atoms with Crippen LogP contribution in [0.25, 0.3) is 0 Å². The lowest BCUT2D eigenvalue weighted by Gasteiger charge is -2.26. The van der Waals surface area contributed by atoms with Gasteiger partial charge in [0.15, 0.2) is 0 Å². The first kappa shape index (κ1) is 11.6. The average Bonchev–Trinajstić information content (AvgIpc) is 2.98. The molecule has 0 heterocycles. The zero-order chi connectivity index (χ0) is 12.8. The smallest absolute Gasteiger partial charge is 0.314 e. The van der Waals surface area contributed by atoms with Crippen LogP contribution in [0.5, 0.6) is 5.75 Å². The molecule has 0 atom stereocenters. The van der Waals surface area contributed by atoms with E-state index in [2.05, 4.69) is 0 Å². The third-order valence-corrected chi connectivity index (χ3v) is 4.63. The summed E-state index contributed by atoms with van der Waals surface area (Å²) >= 11 is 0. The highest BCUT2D eigenvalue weighted by Gasteiger charge is 2.45. The number of carboxylic acid groups (broad SMARTS) is 1. The van der Waals surface area contributed by atoms with Crippen LogP contribution in [-0.2, 0) is 23.1 Å². The molecule has 1 saturated carbocycles. The second-order valence-electron chi connectivity index (χ2n) is 5.55. The number of carbonyl (C=O) groups is 1. The summed E-state index contributed by atoms with van der Waals surface area (Å²) in [6.07, 6.45) is 6.11. The number of fused-ring (bicyclic) bond motifs is 1. The molecule has 0 saturated heterocycles. The Labute approximate surface area is 106 Å². The topological polar surface area (TPSA) is 57.5 Å². The Balaban J connectivity index is 2.14. The highest BCUT2D eigenvalue weighted by Crippen LogP contribution is 2.47. The van der Waals surface area contributed by atoms with Gasteiger partial charge in [-0.2, -0.15) is 0 Å². The van der Waals surface area contributed by atoms with E-state index in [0.29, 0.717) is 18.4 Å². The van der Waals surface area contributed by atoms with E-state index in [-0.39, 0.29) is 5.75 Å². The summed E-state index contributed by atoms with van der Waals surface area (Å²) in [5, 5.41) is 20.0. The molecule has 1 aromatic carbocycles. The first-order chi connectivity index (χ1) is 8.65. The van der Waals surface area contributed by atoms with Crippen molar-refractivity contribution >= 4 is 5.97 Å². The summed E-state index contributed by atoms with van der Waals surface area (Å²) in [4.78, 5) is 11.7. The second-order valence-corrected chi connectivity index (χ2v) is 5.55. The molecule has 0 spiro atoms. The first-order valence-corrected chi connectivity index (χ1v) is 6.73. The van der Waals surface area contributed by atoms with Crippen LogP contribution in [-0.4, -0.2) is 16.2 Å². The van der Waals surface area contributed by atoms with Crippen LogP contribution in [0.2, 0.25) is 0 Å². The van der Waals surface area contributed by atoms with Gasteiger partial charge in [-0.05, 0) is 43.2 Å². The number of benzene rings is 1. The highest BCUT2D eigenvalue weighted by molar-refractivity contribution is 5.83.